The topological polar surface area (TPSA) is 60.2 Å². The van der Waals surface area contributed by atoms with Gasteiger partial charge in [0.2, 0.25) is 0 Å². The minimum absolute atomic E-state index is 0. The fourth-order valence-corrected chi connectivity index (χ4v) is 2.40. The average molecular weight is 524 g/mol. The normalized spacial score (nSPS) is 11.4. The largest absolute Gasteiger partial charge is 0.416 e. The molecular formula is C19H18F5IN4. The first-order valence-corrected chi connectivity index (χ1v) is 8.31. The van der Waals surface area contributed by atoms with Gasteiger partial charge < -0.3 is 10.6 Å². The highest BCUT2D eigenvalue weighted by Gasteiger charge is 2.33. The molecule has 0 bridgehead atoms. The van der Waals surface area contributed by atoms with E-state index >= 15 is 0 Å². The third kappa shape index (κ3) is 7.16. The summed E-state index contributed by atoms with van der Waals surface area (Å²) in [5, 5.41) is 14.3. The van der Waals surface area contributed by atoms with Crippen LogP contribution < -0.4 is 10.6 Å². The summed E-state index contributed by atoms with van der Waals surface area (Å²) >= 11 is 0. The molecule has 0 spiro atoms. The highest BCUT2D eigenvalue weighted by molar-refractivity contribution is 14.0. The number of nitrogens with zero attached hydrogens (tertiary/aromatic N) is 2. The van der Waals surface area contributed by atoms with Gasteiger partial charge in [0, 0.05) is 18.7 Å². The Kier molecular flexibility index (Phi) is 9.29. The molecule has 4 nitrogen and oxygen atoms in total. The third-order valence-electron chi connectivity index (χ3n) is 3.76. The molecule has 0 amide bonds. The maximum Gasteiger partial charge on any atom is 0.416 e. The molecule has 0 saturated heterocycles. The fraction of sp³-hybridized carbons (Fsp3) is 0.263. The molecule has 0 aromatic heterocycles. The van der Waals surface area contributed by atoms with E-state index in [2.05, 4.69) is 15.6 Å². The van der Waals surface area contributed by atoms with E-state index in [0.29, 0.717) is 12.6 Å². The molecule has 0 aliphatic heterocycles. The van der Waals surface area contributed by atoms with Gasteiger partial charge in [-0.25, -0.2) is 13.8 Å². The van der Waals surface area contributed by atoms with E-state index in [0.717, 1.165) is 18.2 Å². The summed E-state index contributed by atoms with van der Waals surface area (Å²) in [4.78, 5) is 4.14. The van der Waals surface area contributed by atoms with Gasteiger partial charge in [-0.05, 0) is 36.8 Å². The molecular weight excluding hydrogens is 506 g/mol. The number of aliphatic imine (C=N–C) groups is 1. The van der Waals surface area contributed by atoms with Crippen LogP contribution in [0.5, 0.6) is 0 Å². The van der Waals surface area contributed by atoms with Gasteiger partial charge in [0.25, 0.3) is 0 Å². The van der Waals surface area contributed by atoms with Crippen molar-refractivity contribution < 1.29 is 22.0 Å². The zero-order chi connectivity index (χ0) is 20.7. The summed E-state index contributed by atoms with van der Waals surface area (Å²) < 4.78 is 66.3. The summed E-state index contributed by atoms with van der Waals surface area (Å²) in [6.07, 6.45) is -4.69. The van der Waals surface area contributed by atoms with Crippen molar-refractivity contribution in [1.82, 2.24) is 10.6 Å². The first-order chi connectivity index (χ1) is 13.2. The van der Waals surface area contributed by atoms with Gasteiger partial charge in [-0.2, -0.15) is 18.4 Å². The summed E-state index contributed by atoms with van der Waals surface area (Å²) in [6.45, 7) is 1.86. The van der Waals surface area contributed by atoms with Crippen molar-refractivity contribution in [2.45, 2.75) is 26.2 Å². The molecule has 0 saturated carbocycles. The number of benzene rings is 2. The second-order valence-corrected chi connectivity index (χ2v) is 5.77. The molecule has 0 unspecified atom stereocenters. The maximum atomic E-state index is 13.9. The van der Waals surface area contributed by atoms with E-state index in [4.69, 9.17) is 5.26 Å². The van der Waals surface area contributed by atoms with Crippen molar-refractivity contribution >= 4 is 29.9 Å². The van der Waals surface area contributed by atoms with Crippen LogP contribution in [0.3, 0.4) is 0 Å². The van der Waals surface area contributed by atoms with Crippen LogP contribution in [0.2, 0.25) is 0 Å². The van der Waals surface area contributed by atoms with E-state index < -0.39 is 23.4 Å². The zero-order valence-electron chi connectivity index (χ0n) is 15.3. The number of rotatable bonds is 5. The van der Waals surface area contributed by atoms with Crippen molar-refractivity contribution in [2.24, 2.45) is 4.99 Å². The van der Waals surface area contributed by atoms with Crippen molar-refractivity contribution in [3.05, 3.63) is 70.3 Å². The third-order valence-corrected chi connectivity index (χ3v) is 3.76. The first-order valence-electron chi connectivity index (χ1n) is 8.31. The molecule has 156 valence electrons. The van der Waals surface area contributed by atoms with Crippen LogP contribution in [0.1, 0.15) is 29.2 Å². The number of halogens is 6. The Labute approximate surface area is 181 Å². The van der Waals surface area contributed by atoms with E-state index in [-0.39, 0.29) is 59.7 Å². The number of nitriles is 1. The second-order valence-electron chi connectivity index (χ2n) is 5.77. The molecule has 0 aliphatic rings. The minimum Gasteiger partial charge on any atom is -0.357 e. The predicted molar refractivity (Wildman–Crippen MR) is 110 cm³/mol. The van der Waals surface area contributed by atoms with E-state index in [1.54, 1.807) is 6.92 Å². The monoisotopic (exact) mass is 524 g/mol. The van der Waals surface area contributed by atoms with Gasteiger partial charge in [0.05, 0.1) is 23.7 Å². The van der Waals surface area contributed by atoms with Gasteiger partial charge in [0.15, 0.2) is 5.96 Å². The fourth-order valence-electron chi connectivity index (χ4n) is 2.40. The molecule has 2 aromatic rings. The minimum atomic E-state index is -4.69. The van der Waals surface area contributed by atoms with Gasteiger partial charge in [-0.3, -0.25) is 0 Å². The Balaban J connectivity index is 0.00000420. The second kappa shape index (κ2) is 10.9. The number of guanidine groups is 1. The Bertz CT molecular complexity index is 906. The van der Waals surface area contributed by atoms with E-state index in [9.17, 15) is 22.0 Å². The molecule has 0 radical (unpaired) electrons. The van der Waals surface area contributed by atoms with E-state index in [1.807, 2.05) is 6.07 Å². The lowest BCUT2D eigenvalue weighted by Crippen LogP contribution is -2.37. The molecule has 2 rings (SSSR count). The number of nitrogens with one attached hydrogen (secondary N) is 2. The number of hydrogen-bond acceptors (Lipinski definition) is 2. The summed E-state index contributed by atoms with van der Waals surface area (Å²) in [5.41, 5.74) is -0.821. The molecule has 2 aromatic carbocycles. The van der Waals surface area contributed by atoms with Gasteiger partial charge >= 0.3 is 6.18 Å². The molecule has 0 atom stereocenters. The summed E-state index contributed by atoms with van der Waals surface area (Å²) in [5.74, 6) is -1.41. The Hall–Kier alpha value is -2.42. The van der Waals surface area contributed by atoms with Crippen molar-refractivity contribution in [1.29, 1.82) is 5.26 Å². The quantitative estimate of drug-likeness (QED) is 0.258. The van der Waals surface area contributed by atoms with Crippen LogP contribution in [0, 0.1) is 23.0 Å². The van der Waals surface area contributed by atoms with Crippen molar-refractivity contribution in [3.63, 3.8) is 0 Å². The maximum absolute atomic E-state index is 13.9. The van der Waals surface area contributed by atoms with Crippen LogP contribution >= 0.6 is 24.0 Å². The van der Waals surface area contributed by atoms with Gasteiger partial charge in [-0.15, -0.1) is 24.0 Å². The van der Waals surface area contributed by atoms with Crippen LogP contribution in [0.4, 0.5) is 22.0 Å². The lowest BCUT2D eigenvalue weighted by atomic mass is 10.1. The molecule has 0 aliphatic carbocycles. The van der Waals surface area contributed by atoms with Crippen molar-refractivity contribution in [3.8, 4) is 6.07 Å². The Morgan fingerprint density at radius 1 is 1.07 bits per heavy atom. The first kappa shape index (κ1) is 24.6. The standard InChI is InChI=1S/C19H17F5N4.HI/c1-2-26-18(28-11-14-4-3-12(9-25)7-17(14)21)27-10-13-5-6-15(20)8-16(13)19(22,23)24;/h3-8H,2,10-11H2,1H3,(H2,26,27,28);1H. The summed E-state index contributed by atoms with van der Waals surface area (Å²) in [7, 11) is 0. The van der Waals surface area contributed by atoms with Crippen LogP contribution in [0.25, 0.3) is 0 Å². The zero-order valence-corrected chi connectivity index (χ0v) is 17.6. The van der Waals surface area contributed by atoms with Crippen molar-refractivity contribution in [2.75, 3.05) is 6.54 Å². The molecule has 29 heavy (non-hydrogen) atoms. The SMILES string of the molecule is CCNC(=NCc1ccc(C#N)cc1F)NCc1ccc(F)cc1C(F)(F)F.I. The van der Waals surface area contributed by atoms with Crippen LogP contribution in [0.15, 0.2) is 41.4 Å². The van der Waals surface area contributed by atoms with Gasteiger partial charge in [0.1, 0.15) is 11.6 Å². The highest BCUT2D eigenvalue weighted by Crippen LogP contribution is 2.32. The molecule has 0 heterocycles. The number of alkyl halides is 3. The lowest BCUT2D eigenvalue weighted by Gasteiger charge is -2.16. The smallest absolute Gasteiger partial charge is 0.357 e. The number of hydrogen-bond donors (Lipinski definition) is 2. The molecule has 2 N–H and O–H groups in total. The predicted octanol–water partition coefficient (Wildman–Crippen LogP) is 4.73. The average Bonchev–Trinajstić information content (AvgIpc) is 2.64. The van der Waals surface area contributed by atoms with Crippen LogP contribution in [-0.2, 0) is 19.3 Å². The molecule has 0 fully saturated rings. The lowest BCUT2D eigenvalue weighted by molar-refractivity contribution is -0.138. The van der Waals surface area contributed by atoms with Crippen LogP contribution in [-0.4, -0.2) is 12.5 Å². The Morgan fingerprint density at radius 3 is 2.34 bits per heavy atom. The Morgan fingerprint density at radius 2 is 1.76 bits per heavy atom. The highest BCUT2D eigenvalue weighted by atomic mass is 127. The molecule has 10 heteroatoms. The van der Waals surface area contributed by atoms with Gasteiger partial charge in [-0.1, -0.05) is 12.1 Å². The summed E-state index contributed by atoms with van der Waals surface area (Å²) in [6, 6.07) is 8.20. The van der Waals surface area contributed by atoms with E-state index in [1.165, 1.54) is 12.1 Å².